The smallest absolute Gasteiger partial charge is 0.393 e. The minimum Gasteiger partial charge on any atom is -0.393 e. The van der Waals surface area contributed by atoms with Crippen molar-refractivity contribution in [3.63, 3.8) is 0 Å². The predicted molar refractivity (Wildman–Crippen MR) is 189 cm³/mol. The quantitative estimate of drug-likeness (QED) is 0.183. The zero-order valence-electron chi connectivity index (χ0n) is 28.8. The highest BCUT2D eigenvalue weighted by atomic mass is 35.5. The van der Waals surface area contributed by atoms with Gasteiger partial charge in [-0.3, -0.25) is 4.79 Å². The maximum atomic E-state index is 14.2. The molecule has 5 nitrogen and oxygen atoms in total. The number of hydrogen-bond acceptors (Lipinski definition) is 5. The van der Waals surface area contributed by atoms with E-state index in [2.05, 4.69) is 24.8 Å². The van der Waals surface area contributed by atoms with E-state index in [-0.39, 0.29) is 11.5 Å². The fourth-order valence-electron chi connectivity index (χ4n) is 8.69. The van der Waals surface area contributed by atoms with Gasteiger partial charge in [0.15, 0.2) is 5.78 Å². The summed E-state index contributed by atoms with van der Waals surface area (Å²) in [6.45, 7) is 5.76. The molecule has 1 saturated carbocycles. The van der Waals surface area contributed by atoms with Crippen LogP contribution in [-0.4, -0.2) is 57.3 Å². The lowest BCUT2D eigenvalue weighted by molar-refractivity contribution is -0.137. The number of carbonyl (C=O) groups is 1. The average molecular weight is 710 g/mol. The Balaban J connectivity index is 1.35. The summed E-state index contributed by atoms with van der Waals surface area (Å²) >= 11 is 6.09. The van der Waals surface area contributed by atoms with E-state index in [0.717, 1.165) is 28.8 Å². The number of likely N-dealkylation sites (tertiary alicyclic amines) is 1. The van der Waals surface area contributed by atoms with Crippen LogP contribution >= 0.6 is 11.6 Å². The fraction of sp³-hybridized carbons (Fsp3) is 0.488. The van der Waals surface area contributed by atoms with Crippen LogP contribution in [0.15, 0.2) is 78.4 Å². The Bertz CT molecular complexity index is 1730. The molecule has 50 heavy (non-hydrogen) atoms. The summed E-state index contributed by atoms with van der Waals surface area (Å²) in [7, 11) is 0. The molecule has 1 saturated heterocycles. The molecule has 0 spiro atoms. The largest absolute Gasteiger partial charge is 0.416 e. The van der Waals surface area contributed by atoms with Gasteiger partial charge < -0.3 is 20.2 Å². The highest BCUT2D eigenvalue weighted by molar-refractivity contribution is 6.30. The number of ketones is 1. The predicted octanol–water partition coefficient (Wildman–Crippen LogP) is 8.61. The van der Waals surface area contributed by atoms with Crippen molar-refractivity contribution >= 4 is 17.4 Å². The maximum Gasteiger partial charge on any atom is 0.416 e. The number of benzene rings is 3. The molecule has 4 atom stereocenters. The Hall–Kier alpha value is -3.01. The highest BCUT2D eigenvalue weighted by Crippen LogP contribution is 2.59. The SMILES string of the molecule is CC1=CCCC2(C)C(CCC2(O)CN2CCC(O)(c3ccc(Cl)cc3)CC2)c2ccc(cc2C(=O)c2cccc(C(F)(F)F)c2)CC(O)CC1. The van der Waals surface area contributed by atoms with Gasteiger partial charge in [0, 0.05) is 41.2 Å². The van der Waals surface area contributed by atoms with Crippen LogP contribution in [0.25, 0.3) is 0 Å². The molecule has 1 heterocycles. The van der Waals surface area contributed by atoms with Crippen LogP contribution in [0.5, 0.6) is 0 Å². The van der Waals surface area contributed by atoms with Gasteiger partial charge in [-0.05, 0) is 118 Å². The lowest BCUT2D eigenvalue weighted by Crippen LogP contribution is -2.55. The van der Waals surface area contributed by atoms with Crippen molar-refractivity contribution < 1.29 is 33.3 Å². The van der Waals surface area contributed by atoms with E-state index in [4.69, 9.17) is 11.6 Å². The summed E-state index contributed by atoms with van der Waals surface area (Å²) in [4.78, 5) is 16.4. The summed E-state index contributed by atoms with van der Waals surface area (Å²) in [6, 6.07) is 17.4. The minimum absolute atomic E-state index is 0.0464. The van der Waals surface area contributed by atoms with Crippen LogP contribution in [0.1, 0.15) is 109 Å². The van der Waals surface area contributed by atoms with Gasteiger partial charge in [-0.15, -0.1) is 0 Å². The van der Waals surface area contributed by atoms with E-state index in [1.807, 2.05) is 24.3 Å². The second-order valence-corrected chi connectivity index (χ2v) is 15.6. The van der Waals surface area contributed by atoms with Crippen LogP contribution in [0.3, 0.4) is 0 Å². The first kappa shape index (κ1) is 36.8. The number of hydrogen-bond donors (Lipinski definition) is 3. The number of alkyl halides is 3. The molecule has 0 aromatic heterocycles. The van der Waals surface area contributed by atoms with Gasteiger partial charge in [0.25, 0.3) is 0 Å². The van der Waals surface area contributed by atoms with Crippen molar-refractivity contribution in [2.75, 3.05) is 19.6 Å². The average Bonchev–Trinajstić information content (AvgIpc) is 3.33. The van der Waals surface area contributed by atoms with Crippen LogP contribution in [0.4, 0.5) is 13.2 Å². The van der Waals surface area contributed by atoms with E-state index < -0.39 is 40.2 Å². The van der Waals surface area contributed by atoms with Crippen molar-refractivity contribution in [2.45, 2.75) is 101 Å². The minimum atomic E-state index is -4.59. The lowest BCUT2D eigenvalue weighted by Gasteiger charge is -2.48. The number of allylic oxidation sites excluding steroid dienone is 2. The van der Waals surface area contributed by atoms with Gasteiger partial charge >= 0.3 is 6.18 Å². The molecule has 3 aromatic rings. The van der Waals surface area contributed by atoms with Crippen molar-refractivity contribution in [3.05, 3.63) is 117 Å². The van der Waals surface area contributed by atoms with Crippen molar-refractivity contribution in [1.82, 2.24) is 4.90 Å². The third-order valence-corrected chi connectivity index (χ3v) is 12.2. The molecule has 268 valence electrons. The molecule has 2 bridgehead atoms. The monoisotopic (exact) mass is 709 g/mol. The number of piperidine rings is 1. The van der Waals surface area contributed by atoms with Gasteiger partial charge in [0.2, 0.25) is 0 Å². The van der Waals surface area contributed by atoms with Crippen LogP contribution < -0.4 is 0 Å². The molecule has 0 amide bonds. The third kappa shape index (κ3) is 7.47. The zero-order chi connectivity index (χ0) is 35.9. The molecular formula is C41H47ClF3NO4. The topological polar surface area (TPSA) is 81.0 Å². The van der Waals surface area contributed by atoms with Crippen LogP contribution in [0, 0.1) is 5.41 Å². The Kier molecular flexibility index (Phi) is 10.4. The Morgan fingerprint density at radius 2 is 1.68 bits per heavy atom. The van der Waals surface area contributed by atoms with E-state index in [1.165, 1.54) is 17.7 Å². The second kappa shape index (κ2) is 14.2. The first-order chi connectivity index (χ1) is 23.6. The first-order valence-corrected chi connectivity index (χ1v) is 18.1. The number of halogens is 4. The molecule has 2 fully saturated rings. The Labute approximate surface area is 297 Å². The lowest BCUT2D eigenvalue weighted by atomic mass is 9.64. The van der Waals surface area contributed by atoms with Gasteiger partial charge in [-0.25, -0.2) is 0 Å². The van der Waals surface area contributed by atoms with Gasteiger partial charge in [0.05, 0.1) is 22.9 Å². The summed E-state index contributed by atoms with van der Waals surface area (Å²) in [5, 5.41) is 35.7. The summed E-state index contributed by atoms with van der Waals surface area (Å²) < 4.78 is 41.1. The maximum absolute atomic E-state index is 14.2. The number of carbonyl (C=O) groups excluding carboxylic acids is 1. The Morgan fingerprint density at radius 3 is 2.38 bits per heavy atom. The molecule has 4 unspecified atom stereocenters. The van der Waals surface area contributed by atoms with Crippen LogP contribution in [-0.2, 0) is 18.2 Å². The van der Waals surface area contributed by atoms with Crippen molar-refractivity contribution in [1.29, 1.82) is 0 Å². The molecule has 3 N–H and O–H groups in total. The van der Waals surface area contributed by atoms with Gasteiger partial charge in [-0.1, -0.05) is 66.6 Å². The zero-order valence-corrected chi connectivity index (χ0v) is 29.5. The standard InChI is InChI=1S/C41H47ClF3NO4/c1-27-5-4-17-38(2)36(16-18-40(38,50)26-46-21-19-39(49,20-22-46)30-10-12-32(42)13-11-30)34-15-9-28(23-33(47)14-8-27)24-35(34)37(48)29-6-3-7-31(25-29)41(43,44)45/h3,5-7,9-13,15,24-25,33,36,47,49-50H,4,8,14,16-23,26H2,1-2H3. The third-order valence-electron chi connectivity index (χ3n) is 11.9. The van der Waals surface area contributed by atoms with E-state index >= 15 is 0 Å². The van der Waals surface area contributed by atoms with E-state index in [9.17, 15) is 33.3 Å². The second-order valence-electron chi connectivity index (χ2n) is 15.2. The van der Waals surface area contributed by atoms with E-state index in [1.54, 1.807) is 18.2 Å². The number of nitrogens with zero attached hydrogens (tertiary/aromatic N) is 1. The summed E-state index contributed by atoms with van der Waals surface area (Å²) in [6.07, 6.45) is 1.98. The molecule has 1 aliphatic heterocycles. The number of rotatable bonds is 5. The highest BCUT2D eigenvalue weighted by Gasteiger charge is 2.57. The van der Waals surface area contributed by atoms with Crippen molar-refractivity contribution in [2.24, 2.45) is 5.41 Å². The molecule has 4 aliphatic rings. The molecular weight excluding hydrogens is 663 g/mol. The summed E-state index contributed by atoms with van der Waals surface area (Å²) in [5.74, 6) is -0.746. The van der Waals surface area contributed by atoms with Gasteiger partial charge in [-0.2, -0.15) is 13.2 Å². The molecule has 7 rings (SSSR count). The number of aliphatic hydroxyl groups excluding tert-OH is 1. The van der Waals surface area contributed by atoms with Crippen LogP contribution in [0.2, 0.25) is 5.02 Å². The normalized spacial score (nSPS) is 27.7. The number of β-amino-alcohol motifs (C(OH)–C–C–N with tert-alkyl or cyclic N) is 1. The first-order valence-electron chi connectivity index (χ1n) is 17.7. The Morgan fingerprint density at radius 1 is 0.960 bits per heavy atom. The molecule has 3 aromatic carbocycles. The molecule has 9 heteroatoms. The van der Waals surface area contributed by atoms with Gasteiger partial charge in [0.1, 0.15) is 0 Å². The number of aliphatic hydroxyl groups is 3. The van der Waals surface area contributed by atoms with Crippen molar-refractivity contribution in [3.8, 4) is 0 Å². The fourth-order valence-corrected chi connectivity index (χ4v) is 8.81. The van der Waals surface area contributed by atoms with E-state index in [0.29, 0.717) is 88.0 Å². The molecule has 3 aliphatic carbocycles. The number of fused-ring (bicyclic) bond motifs is 8. The molecule has 0 radical (unpaired) electrons. The summed E-state index contributed by atoms with van der Waals surface area (Å²) in [5.41, 5.74) is 0.0741.